The summed E-state index contributed by atoms with van der Waals surface area (Å²) >= 11 is 0.739. The Kier molecular flexibility index (Phi) is 0.613. The lowest BCUT2D eigenvalue weighted by Gasteiger charge is -1.84. The van der Waals surface area contributed by atoms with Crippen molar-refractivity contribution in [2.45, 2.75) is 19.6 Å². The van der Waals surface area contributed by atoms with E-state index >= 15 is 0 Å². The Morgan fingerprint density at radius 2 is 3.00 bits per heavy atom. The minimum absolute atomic E-state index is 0.0696. The lowest BCUT2D eigenvalue weighted by atomic mass is 10.3. The molecule has 0 aliphatic carbocycles. The predicted molar refractivity (Wildman–Crippen MR) is 40.5 cm³/mol. The summed E-state index contributed by atoms with van der Waals surface area (Å²) in [6.07, 6.45) is -4.60. The van der Waals surface area contributed by atoms with Crippen molar-refractivity contribution >= 4 is 16.5 Å². The lowest BCUT2D eigenvalue weighted by Crippen LogP contribution is -1.77. The number of hydrogen-bond donors (Lipinski definition) is 1. The molecule has 0 fully saturated rings. The quantitative estimate of drug-likeness (QED) is 0.694. The van der Waals surface area contributed by atoms with E-state index in [4.69, 9.17) is 15.3 Å². The molecule has 0 aliphatic rings. The maximum Gasteiger partial charge on any atom is 0.180 e. The van der Waals surface area contributed by atoms with Crippen molar-refractivity contribution in [1.29, 1.82) is 0 Å². The molecular formula is C6H10N2S. The van der Waals surface area contributed by atoms with Gasteiger partial charge in [-0.3, -0.25) is 0 Å². The SMILES string of the molecule is [2H]C([2H])([2H])C([2H])([2H])C([2H])([2H])c1cnc(N)s1. The van der Waals surface area contributed by atoms with Crippen molar-refractivity contribution in [3.8, 4) is 0 Å². The molecule has 0 radical (unpaired) electrons. The van der Waals surface area contributed by atoms with Crippen LogP contribution in [0.5, 0.6) is 0 Å². The number of nitrogens with zero attached hydrogens (tertiary/aromatic N) is 1. The first-order chi connectivity index (χ1) is 7.00. The number of hydrogen-bond acceptors (Lipinski definition) is 3. The Morgan fingerprint density at radius 3 is 3.56 bits per heavy atom. The van der Waals surface area contributed by atoms with E-state index in [2.05, 4.69) is 4.98 Å². The third-order valence-electron chi connectivity index (χ3n) is 0.709. The van der Waals surface area contributed by atoms with Crippen LogP contribution < -0.4 is 5.73 Å². The van der Waals surface area contributed by atoms with Crippen LogP contribution in [0, 0.1) is 0 Å². The van der Waals surface area contributed by atoms with E-state index in [1.54, 1.807) is 0 Å². The van der Waals surface area contributed by atoms with Crippen LogP contribution in [0.2, 0.25) is 0 Å². The monoisotopic (exact) mass is 149 g/mol. The lowest BCUT2D eigenvalue weighted by molar-refractivity contribution is 0.936. The average Bonchev–Trinajstić information content (AvgIpc) is 2.49. The molecule has 1 heterocycles. The topological polar surface area (TPSA) is 38.9 Å². The minimum Gasteiger partial charge on any atom is -0.375 e. The molecule has 9 heavy (non-hydrogen) atoms. The number of aromatic nitrogens is 1. The van der Waals surface area contributed by atoms with Crippen LogP contribution in [0.1, 0.15) is 27.7 Å². The highest BCUT2D eigenvalue weighted by atomic mass is 32.1. The zero-order chi connectivity index (χ0) is 12.8. The first-order valence-corrected chi connectivity index (χ1v) is 3.03. The fourth-order valence-electron chi connectivity index (χ4n) is 0.407. The largest absolute Gasteiger partial charge is 0.375 e. The summed E-state index contributed by atoms with van der Waals surface area (Å²) in [6.45, 7) is -3.06. The molecule has 1 rings (SSSR count). The first-order valence-electron chi connectivity index (χ1n) is 5.72. The molecule has 0 bridgehead atoms. The summed E-state index contributed by atoms with van der Waals surface area (Å²) in [5, 5.41) is 0.0696. The van der Waals surface area contributed by atoms with E-state index in [1.807, 2.05) is 0 Å². The van der Waals surface area contributed by atoms with Crippen molar-refractivity contribution in [3.05, 3.63) is 11.1 Å². The number of anilines is 1. The van der Waals surface area contributed by atoms with Gasteiger partial charge in [0.1, 0.15) is 0 Å². The summed E-state index contributed by atoms with van der Waals surface area (Å²) in [5.74, 6) is 0. The Labute approximate surface area is 68.6 Å². The average molecular weight is 149 g/mol. The Morgan fingerprint density at radius 1 is 2.11 bits per heavy atom. The molecule has 0 unspecified atom stereocenters. The van der Waals surface area contributed by atoms with Crippen molar-refractivity contribution in [2.75, 3.05) is 5.73 Å². The van der Waals surface area contributed by atoms with E-state index in [0.717, 1.165) is 17.5 Å². The van der Waals surface area contributed by atoms with Gasteiger partial charge in [-0.2, -0.15) is 0 Å². The fourth-order valence-corrected chi connectivity index (χ4v) is 0.945. The van der Waals surface area contributed by atoms with Gasteiger partial charge in [0, 0.05) is 20.7 Å². The standard InChI is InChI=1S/C6H10N2S/c1-2-3-5-4-8-6(7)9-5/h4H,2-3H2,1H3,(H2,7,8)/i1D3,2D2,3D2. The normalized spacial score (nSPS) is 26.0. The van der Waals surface area contributed by atoms with Crippen molar-refractivity contribution < 1.29 is 9.60 Å². The molecule has 0 aliphatic heterocycles. The summed E-state index contributed by atoms with van der Waals surface area (Å²) in [6, 6.07) is 0. The van der Waals surface area contributed by atoms with Crippen molar-refractivity contribution in [1.82, 2.24) is 4.98 Å². The zero-order valence-electron chi connectivity index (χ0n) is 11.5. The van der Waals surface area contributed by atoms with E-state index < -0.39 is 19.6 Å². The second kappa shape index (κ2) is 2.82. The second-order valence-electron chi connectivity index (χ2n) is 1.31. The Balaban J connectivity index is 3.21. The third kappa shape index (κ3) is 1.68. The number of aryl methyl sites for hydroxylation is 1. The third-order valence-corrected chi connectivity index (χ3v) is 1.45. The van der Waals surface area contributed by atoms with Gasteiger partial charge < -0.3 is 5.73 Å². The summed E-state index contributed by atoms with van der Waals surface area (Å²) in [7, 11) is 0. The predicted octanol–water partition coefficient (Wildman–Crippen LogP) is 1.68. The van der Waals surface area contributed by atoms with E-state index in [9.17, 15) is 0 Å². The maximum atomic E-state index is 7.59. The summed E-state index contributed by atoms with van der Waals surface area (Å²) < 4.78 is 51.0. The molecule has 2 N–H and O–H groups in total. The van der Waals surface area contributed by atoms with Gasteiger partial charge in [0.2, 0.25) is 0 Å². The highest BCUT2D eigenvalue weighted by molar-refractivity contribution is 7.15. The van der Waals surface area contributed by atoms with Gasteiger partial charge >= 0.3 is 0 Å². The first kappa shape index (κ1) is 1.95. The number of rotatable bonds is 2. The number of nitrogen functional groups attached to an aromatic ring is 1. The van der Waals surface area contributed by atoms with E-state index in [0.29, 0.717) is 0 Å². The molecule has 3 heteroatoms. The van der Waals surface area contributed by atoms with Crippen LogP contribution in [0.15, 0.2) is 6.20 Å². The highest BCUT2D eigenvalue weighted by Gasteiger charge is 1.94. The van der Waals surface area contributed by atoms with Crippen LogP contribution in [0.4, 0.5) is 5.13 Å². The summed E-state index contributed by atoms with van der Waals surface area (Å²) in [5.41, 5.74) is 5.31. The van der Waals surface area contributed by atoms with Gasteiger partial charge in [0.25, 0.3) is 0 Å². The van der Waals surface area contributed by atoms with Crippen LogP contribution >= 0.6 is 11.3 Å². The molecule has 0 saturated heterocycles. The minimum atomic E-state index is -3.06. The molecule has 0 saturated carbocycles. The Hall–Kier alpha value is -0.570. The van der Waals surface area contributed by atoms with E-state index in [1.165, 1.54) is 0 Å². The number of nitrogens with two attached hydrogens (primary N) is 1. The summed E-state index contributed by atoms with van der Waals surface area (Å²) in [4.78, 5) is 3.45. The van der Waals surface area contributed by atoms with Gasteiger partial charge in [-0.25, -0.2) is 4.98 Å². The zero-order valence-corrected chi connectivity index (χ0v) is 5.33. The van der Waals surface area contributed by atoms with Crippen LogP contribution in [0.25, 0.3) is 0 Å². The van der Waals surface area contributed by atoms with Crippen LogP contribution in [-0.4, -0.2) is 4.98 Å². The second-order valence-corrected chi connectivity index (χ2v) is 2.37. The van der Waals surface area contributed by atoms with Gasteiger partial charge in [0.05, 0.1) is 0 Å². The molecule has 1 aromatic heterocycles. The molecule has 50 valence electrons. The van der Waals surface area contributed by atoms with Gasteiger partial charge in [-0.15, -0.1) is 11.3 Å². The number of thiazole rings is 1. The van der Waals surface area contributed by atoms with Crippen LogP contribution in [-0.2, 0) is 6.37 Å². The molecule has 0 spiro atoms. The highest BCUT2D eigenvalue weighted by Crippen LogP contribution is 2.15. The molecule has 0 atom stereocenters. The molecule has 2 nitrogen and oxygen atoms in total. The van der Waals surface area contributed by atoms with Gasteiger partial charge in [-0.05, 0) is 6.37 Å². The molecular weight excluding hydrogens is 132 g/mol. The fraction of sp³-hybridized carbons (Fsp3) is 0.500. The van der Waals surface area contributed by atoms with E-state index in [-0.39, 0.29) is 10.0 Å². The maximum absolute atomic E-state index is 7.59. The van der Waals surface area contributed by atoms with Crippen molar-refractivity contribution in [2.24, 2.45) is 0 Å². The van der Waals surface area contributed by atoms with Crippen molar-refractivity contribution in [3.63, 3.8) is 0 Å². The molecule has 0 amide bonds. The molecule has 1 aromatic rings. The van der Waals surface area contributed by atoms with Gasteiger partial charge in [0.15, 0.2) is 5.13 Å². The van der Waals surface area contributed by atoms with Crippen LogP contribution in [0.3, 0.4) is 0 Å². The molecule has 0 aromatic carbocycles. The Bertz CT molecular complexity index is 382. The smallest absolute Gasteiger partial charge is 0.180 e. The van der Waals surface area contributed by atoms with Gasteiger partial charge in [-0.1, -0.05) is 13.2 Å².